The van der Waals surface area contributed by atoms with Crippen molar-refractivity contribution in [3.63, 3.8) is 0 Å². The molecule has 0 saturated carbocycles. The van der Waals surface area contributed by atoms with E-state index in [-0.39, 0.29) is 26.1 Å². The third-order valence-corrected chi connectivity index (χ3v) is 10.2. The summed E-state index contributed by atoms with van der Waals surface area (Å²) in [6.07, 6.45) is 41.8. The summed E-state index contributed by atoms with van der Waals surface area (Å²) in [4.78, 5) is 35.3. The standard InChI is InChI=1S/C45H78NO9P/c1-6-8-10-11-12-13-14-18-21-24-27-31-35-44(47)51-39-41(40-53-56(49,50)52-38-37-46(3,4)5)54-45(48)36-32-28-25-22-19-16-15-17-20-23-26-30-34-43-42(55-43)33-29-9-7-2/h9,16-17,19-20,25-26,28-30,41-43H,6-8,10-15,18,21-24,27,31-40H2,1-5H3/p+1/b19-16-,20-17-,28-25-,29-9-,30-26-/t41-,42?,43?/m1/s1. The van der Waals surface area contributed by atoms with Crippen LogP contribution in [0.5, 0.6) is 0 Å². The lowest BCUT2D eigenvalue weighted by Crippen LogP contribution is -2.37. The monoisotopic (exact) mass is 809 g/mol. The summed E-state index contributed by atoms with van der Waals surface area (Å²) in [6.45, 7) is 4.19. The van der Waals surface area contributed by atoms with Crippen molar-refractivity contribution in [1.29, 1.82) is 0 Å². The molecule has 1 aliphatic heterocycles. The molecule has 0 aromatic heterocycles. The van der Waals surface area contributed by atoms with Crippen LogP contribution in [0.25, 0.3) is 0 Å². The van der Waals surface area contributed by atoms with Crippen molar-refractivity contribution in [1.82, 2.24) is 0 Å². The summed E-state index contributed by atoms with van der Waals surface area (Å²) < 4.78 is 39.8. The first-order valence-corrected chi connectivity index (χ1v) is 23.1. The van der Waals surface area contributed by atoms with Crippen molar-refractivity contribution in [2.75, 3.05) is 47.5 Å². The topological polar surface area (TPSA) is 121 Å². The molecule has 1 aliphatic rings. The number of likely N-dealkylation sites (N-methyl/N-ethyl adjacent to an activating group) is 1. The number of ether oxygens (including phenoxy) is 3. The second-order valence-corrected chi connectivity index (χ2v) is 17.2. The van der Waals surface area contributed by atoms with E-state index in [0.717, 1.165) is 57.8 Å². The minimum absolute atomic E-state index is 0.0145. The number of rotatable bonds is 37. The zero-order valence-electron chi connectivity index (χ0n) is 35.8. The van der Waals surface area contributed by atoms with Gasteiger partial charge in [0.05, 0.1) is 40.0 Å². The zero-order valence-corrected chi connectivity index (χ0v) is 36.7. The first-order valence-electron chi connectivity index (χ1n) is 21.6. The average molecular weight is 809 g/mol. The predicted molar refractivity (Wildman–Crippen MR) is 228 cm³/mol. The molecule has 0 spiro atoms. The lowest BCUT2D eigenvalue weighted by molar-refractivity contribution is -0.870. The highest BCUT2D eigenvalue weighted by Crippen LogP contribution is 2.43. The number of phosphoric acid groups is 1. The Morgan fingerprint density at radius 2 is 1.18 bits per heavy atom. The Kier molecular flexibility index (Phi) is 31.0. The van der Waals surface area contributed by atoms with Crippen molar-refractivity contribution < 1.29 is 46.8 Å². The van der Waals surface area contributed by atoms with Crippen molar-refractivity contribution in [2.45, 2.75) is 167 Å². The van der Waals surface area contributed by atoms with Crippen molar-refractivity contribution >= 4 is 19.8 Å². The van der Waals surface area contributed by atoms with E-state index < -0.39 is 32.5 Å². The Hall–Kier alpha value is -2.33. The van der Waals surface area contributed by atoms with Gasteiger partial charge in [-0.2, -0.15) is 0 Å². The summed E-state index contributed by atoms with van der Waals surface area (Å²) in [7, 11) is 1.42. The number of unbranched alkanes of at least 4 members (excludes halogenated alkanes) is 11. The van der Waals surface area contributed by atoms with Crippen LogP contribution in [-0.4, -0.2) is 87.1 Å². The van der Waals surface area contributed by atoms with Crippen LogP contribution >= 0.6 is 7.82 Å². The van der Waals surface area contributed by atoms with Crippen LogP contribution in [0.15, 0.2) is 60.8 Å². The van der Waals surface area contributed by atoms with Crippen molar-refractivity contribution in [3.8, 4) is 0 Å². The quantitative estimate of drug-likeness (QED) is 0.0163. The summed E-state index contributed by atoms with van der Waals surface area (Å²) in [6, 6.07) is 0. The molecule has 4 atom stereocenters. The smallest absolute Gasteiger partial charge is 0.462 e. The van der Waals surface area contributed by atoms with E-state index in [9.17, 15) is 19.0 Å². The Morgan fingerprint density at radius 1 is 0.661 bits per heavy atom. The molecule has 3 unspecified atom stereocenters. The van der Waals surface area contributed by atoms with E-state index in [0.29, 0.717) is 29.7 Å². The van der Waals surface area contributed by atoms with E-state index in [1.54, 1.807) is 0 Å². The van der Waals surface area contributed by atoms with Crippen LogP contribution in [0.4, 0.5) is 0 Å². The number of carbonyl (C=O) groups excluding carboxylic acids is 2. The number of quaternary nitrogens is 1. The SMILES string of the molecule is CC/C=C\CC1OC1C/C=C\C/C=C\C/C=C\C/C=C\CCC(=O)O[C@H](COC(=O)CCCCCCCCCCCCCC)COP(=O)(O)OCC[N+](C)(C)C. The minimum atomic E-state index is -4.40. The number of phosphoric ester groups is 1. The van der Waals surface area contributed by atoms with Gasteiger partial charge in [0.25, 0.3) is 0 Å². The normalized spacial score (nSPS) is 17.8. The molecule has 1 rings (SSSR count). The molecular formula is C45H79NO9P+. The van der Waals surface area contributed by atoms with Gasteiger partial charge in [-0.3, -0.25) is 18.6 Å². The van der Waals surface area contributed by atoms with E-state index in [4.69, 9.17) is 23.3 Å². The second-order valence-electron chi connectivity index (χ2n) is 15.7. The molecule has 0 aliphatic carbocycles. The molecule has 0 aromatic carbocycles. The van der Waals surface area contributed by atoms with Gasteiger partial charge in [0.15, 0.2) is 6.10 Å². The van der Waals surface area contributed by atoms with Crippen LogP contribution in [-0.2, 0) is 37.4 Å². The fourth-order valence-corrected chi connectivity index (χ4v) is 6.47. The number of esters is 2. The lowest BCUT2D eigenvalue weighted by atomic mass is 10.0. The van der Waals surface area contributed by atoms with E-state index in [1.807, 2.05) is 33.3 Å². The molecule has 10 nitrogen and oxygen atoms in total. The first-order chi connectivity index (χ1) is 27.0. The van der Waals surface area contributed by atoms with Gasteiger partial charge in [0.1, 0.15) is 19.8 Å². The third kappa shape index (κ3) is 33.8. The Balaban J connectivity index is 2.34. The molecule has 1 N–H and O–H groups in total. The van der Waals surface area contributed by atoms with Gasteiger partial charge in [-0.1, -0.05) is 145 Å². The highest BCUT2D eigenvalue weighted by atomic mass is 31.2. The maximum Gasteiger partial charge on any atom is 0.472 e. The van der Waals surface area contributed by atoms with Crippen molar-refractivity contribution in [3.05, 3.63) is 60.8 Å². The molecule has 56 heavy (non-hydrogen) atoms. The summed E-state index contributed by atoms with van der Waals surface area (Å²) in [5.74, 6) is -0.904. The van der Waals surface area contributed by atoms with Gasteiger partial charge in [-0.25, -0.2) is 4.57 Å². The van der Waals surface area contributed by atoms with Gasteiger partial charge in [-0.05, 0) is 51.4 Å². The maximum absolute atomic E-state index is 12.7. The molecule has 0 aromatic rings. The van der Waals surface area contributed by atoms with Gasteiger partial charge < -0.3 is 23.6 Å². The number of hydrogen-bond donors (Lipinski definition) is 1. The van der Waals surface area contributed by atoms with Crippen LogP contribution in [0, 0.1) is 0 Å². The predicted octanol–water partition coefficient (Wildman–Crippen LogP) is 11.1. The number of hydrogen-bond acceptors (Lipinski definition) is 8. The molecule has 0 amide bonds. The van der Waals surface area contributed by atoms with Gasteiger partial charge in [-0.15, -0.1) is 0 Å². The van der Waals surface area contributed by atoms with Crippen LogP contribution in [0.1, 0.15) is 149 Å². The molecule has 322 valence electrons. The van der Waals surface area contributed by atoms with Crippen molar-refractivity contribution in [2.24, 2.45) is 0 Å². The van der Waals surface area contributed by atoms with E-state index >= 15 is 0 Å². The Bertz CT molecular complexity index is 1210. The second kappa shape index (κ2) is 33.6. The Morgan fingerprint density at radius 3 is 1.73 bits per heavy atom. The number of epoxide rings is 1. The molecule has 1 fully saturated rings. The fraction of sp³-hybridized carbons (Fsp3) is 0.733. The number of allylic oxidation sites excluding steroid dienone is 8. The molecule has 0 bridgehead atoms. The van der Waals surface area contributed by atoms with Crippen LogP contribution in [0.2, 0.25) is 0 Å². The van der Waals surface area contributed by atoms with Crippen LogP contribution in [0.3, 0.4) is 0 Å². The first kappa shape index (κ1) is 51.7. The summed E-state index contributed by atoms with van der Waals surface area (Å²) in [5, 5.41) is 0. The third-order valence-electron chi connectivity index (χ3n) is 9.23. The van der Waals surface area contributed by atoms with E-state index in [2.05, 4.69) is 62.5 Å². The molecule has 11 heteroatoms. The van der Waals surface area contributed by atoms with Crippen LogP contribution < -0.4 is 0 Å². The molecule has 1 saturated heterocycles. The molecule has 1 heterocycles. The number of carbonyl (C=O) groups is 2. The average Bonchev–Trinajstić information content (AvgIpc) is 3.90. The highest BCUT2D eigenvalue weighted by Gasteiger charge is 2.36. The lowest BCUT2D eigenvalue weighted by Gasteiger charge is -2.24. The Labute approximate surface area is 341 Å². The number of nitrogens with zero attached hydrogens (tertiary/aromatic N) is 1. The minimum Gasteiger partial charge on any atom is -0.462 e. The molecular weight excluding hydrogens is 729 g/mol. The van der Waals surface area contributed by atoms with Gasteiger partial charge in [0, 0.05) is 12.8 Å². The summed E-state index contributed by atoms with van der Waals surface area (Å²) >= 11 is 0. The summed E-state index contributed by atoms with van der Waals surface area (Å²) in [5.41, 5.74) is 0. The largest absolute Gasteiger partial charge is 0.472 e. The molecule has 0 radical (unpaired) electrons. The highest BCUT2D eigenvalue weighted by molar-refractivity contribution is 7.47. The zero-order chi connectivity index (χ0) is 41.2. The van der Waals surface area contributed by atoms with Gasteiger partial charge in [0.2, 0.25) is 0 Å². The van der Waals surface area contributed by atoms with E-state index in [1.165, 1.54) is 57.8 Å². The fourth-order valence-electron chi connectivity index (χ4n) is 5.73. The van der Waals surface area contributed by atoms with Gasteiger partial charge >= 0.3 is 19.8 Å². The maximum atomic E-state index is 12.7.